The minimum Gasteiger partial charge on any atom is -0.356 e. The number of halogens is 1. The first-order chi connectivity index (χ1) is 15.2. The van der Waals surface area contributed by atoms with E-state index in [9.17, 15) is 4.79 Å². The molecule has 0 spiro atoms. The van der Waals surface area contributed by atoms with E-state index in [1.54, 1.807) is 7.05 Å². The van der Waals surface area contributed by atoms with Crippen molar-refractivity contribution in [3.8, 4) is 0 Å². The maximum Gasteiger partial charge on any atom is 0.223 e. The van der Waals surface area contributed by atoms with Gasteiger partial charge in [-0.25, -0.2) is 0 Å². The molecule has 2 N–H and O–H groups in total. The van der Waals surface area contributed by atoms with Crippen LogP contribution >= 0.6 is 24.0 Å². The highest BCUT2D eigenvalue weighted by Crippen LogP contribution is 2.22. The number of hydrogen-bond donors (Lipinski definition) is 2. The Kier molecular flexibility index (Phi) is 8.96. The van der Waals surface area contributed by atoms with E-state index in [2.05, 4.69) is 68.9 Å². The van der Waals surface area contributed by atoms with Gasteiger partial charge >= 0.3 is 0 Å². The van der Waals surface area contributed by atoms with Crippen molar-refractivity contribution in [3.05, 3.63) is 71.9 Å². The molecule has 1 aromatic heterocycles. The summed E-state index contributed by atoms with van der Waals surface area (Å²) in [6, 6.07) is 18.9. The maximum atomic E-state index is 12.5. The summed E-state index contributed by atoms with van der Waals surface area (Å²) in [6.45, 7) is 4.01. The number of hydrogen-bond acceptors (Lipinski definition) is 2. The normalized spacial score (nSPS) is 13.0. The second-order valence-electron chi connectivity index (χ2n) is 7.97. The molecule has 32 heavy (non-hydrogen) atoms. The highest BCUT2D eigenvalue weighted by molar-refractivity contribution is 14.0. The van der Waals surface area contributed by atoms with Gasteiger partial charge in [0.1, 0.15) is 0 Å². The lowest BCUT2D eigenvalue weighted by Crippen LogP contribution is -2.38. The first kappa shape index (κ1) is 24.1. The molecular weight excluding hydrogens is 513 g/mol. The summed E-state index contributed by atoms with van der Waals surface area (Å²) in [4.78, 5) is 18.7. The molecule has 0 atom stereocenters. The number of aliphatic imine (C=N–C) groups is 1. The quantitative estimate of drug-likeness (QED) is 0.194. The third-order valence-corrected chi connectivity index (χ3v) is 5.83. The van der Waals surface area contributed by atoms with Gasteiger partial charge in [-0.2, -0.15) is 0 Å². The second kappa shape index (κ2) is 11.9. The molecule has 1 aliphatic rings. The topological polar surface area (TPSA) is 61.7 Å². The van der Waals surface area contributed by atoms with Crippen LogP contribution in [0.4, 0.5) is 0 Å². The summed E-state index contributed by atoms with van der Waals surface area (Å²) in [7, 11) is 1.78. The van der Waals surface area contributed by atoms with Crippen LogP contribution in [0.2, 0.25) is 0 Å². The van der Waals surface area contributed by atoms with Crippen LogP contribution < -0.4 is 10.6 Å². The van der Waals surface area contributed by atoms with Gasteiger partial charge in [0.25, 0.3) is 0 Å². The molecule has 1 amide bonds. The fourth-order valence-corrected chi connectivity index (χ4v) is 4.13. The van der Waals surface area contributed by atoms with Crippen molar-refractivity contribution >= 4 is 46.7 Å². The van der Waals surface area contributed by atoms with Crippen molar-refractivity contribution in [1.29, 1.82) is 0 Å². The van der Waals surface area contributed by atoms with Crippen molar-refractivity contribution in [2.24, 2.45) is 4.99 Å². The molecule has 0 unspecified atom stereocenters. The lowest BCUT2D eigenvalue weighted by molar-refractivity contribution is -0.131. The summed E-state index contributed by atoms with van der Waals surface area (Å²) in [5.41, 5.74) is 3.81. The highest BCUT2D eigenvalue weighted by atomic mass is 127. The molecule has 1 aliphatic heterocycles. The van der Waals surface area contributed by atoms with E-state index in [0.717, 1.165) is 51.5 Å². The number of nitrogens with one attached hydrogen (secondary N) is 2. The van der Waals surface area contributed by atoms with Crippen LogP contribution in [0.25, 0.3) is 10.9 Å². The van der Waals surface area contributed by atoms with Crippen LogP contribution in [0.3, 0.4) is 0 Å². The lowest BCUT2D eigenvalue weighted by atomic mass is 10.1. The zero-order valence-electron chi connectivity index (χ0n) is 18.6. The Labute approximate surface area is 207 Å². The van der Waals surface area contributed by atoms with Gasteiger partial charge in [-0.05, 0) is 41.5 Å². The Hall–Kier alpha value is -2.55. The van der Waals surface area contributed by atoms with Gasteiger partial charge in [-0.15, -0.1) is 24.0 Å². The van der Waals surface area contributed by atoms with Crippen molar-refractivity contribution in [3.63, 3.8) is 0 Å². The molecule has 0 saturated heterocycles. The Morgan fingerprint density at radius 1 is 0.938 bits per heavy atom. The predicted octanol–water partition coefficient (Wildman–Crippen LogP) is 4.14. The SMILES string of the molecule is CN=C(NCCCC(=O)N1Cc2ccccc2C1)NCCCn1ccc2ccccc21.I. The van der Waals surface area contributed by atoms with Gasteiger partial charge in [0, 0.05) is 57.9 Å². The fraction of sp³-hybridized carbons (Fsp3) is 0.360. The zero-order chi connectivity index (χ0) is 21.5. The Balaban J connectivity index is 0.00000289. The van der Waals surface area contributed by atoms with Crippen LogP contribution in [0.5, 0.6) is 0 Å². The largest absolute Gasteiger partial charge is 0.356 e. The number of aromatic nitrogens is 1. The summed E-state index contributed by atoms with van der Waals surface area (Å²) < 4.78 is 2.29. The van der Waals surface area contributed by atoms with Crippen LogP contribution in [0, 0.1) is 0 Å². The second-order valence-corrected chi connectivity index (χ2v) is 7.97. The van der Waals surface area contributed by atoms with Crippen LogP contribution in [-0.2, 0) is 24.4 Å². The Morgan fingerprint density at radius 3 is 2.31 bits per heavy atom. The predicted molar refractivity (Wildman–Crippen MR) is 141 cm³/mol. The first-order valence-corrected chi connectivity index (χ1v) is 11.1. The van der Waals surface area contributed by atoms with E-state index in [0.29, 0.717) is 6.42 Å². The van der Waals surface area contributed by atoms with E-state index in [1.807, 2.05) is 17.0 Å². The molecule has 7 heteroatoms. The number of para-hydroxylation sites is 1. The molecule has 0 aliphatic carbocycles. The van der Waals surface area contributed by atoms with Crippen LogP contribution in [0.1, 0.15) is 30.4 Å². The van der Waals surface area contributed by atoms with Crippen molar-refractivity contribution in [2.75, 3.05) is 20.1 Å². The summed E-state index contributed by atoms with van der Waals surface area (Å²) in [6.07, 6.45) is 4.50. The lowest BCUT2D eigenvalue weighted by Gasteiger charge is -2.16. The van der Waals surface area contributed by atoms with Gasteiger partial charge in [-0.3, -0.25) is 9.79 Å². The molecule has 3 aromatic rings. The minimum atomic E-state index is 0. The minimum absolute atomic E-state index is 0. The van der Waals surface area contributed by atoms with E-state index >= 15 is 0 Å². The number of nitrogens with zero attached hydrogens (tertiary/aromatic N) is 3. The molecule has 0 saturated carbocycles. The Morgan fingerprint density at radius 2 is 1.59 bits per heavy atom. The number of guanidine groups is 1. The monoisotopic (exact) mass is 545 g/mol. The van der Waals surface area contributed by atoms with Gasteiger partial charge in [0.2, 0.25) is 5.91 Å². The van der Waals surface area contributed by atoms with Crippen molar-refractivity contribution < 1.29 is 4.79 Å². The van der Waals surface area contributed by atoms with Crippen molar-refractivity contribution in [1.82, 2.24) is 20.1 Å². The number of rotatable bonds is 8. The summed E-state index contributed by atoms with van der Waals surface area (Å²) >= 11 is 0. The van der Waals surface area contributed by atoms with Crippen molar-refractivity contribution in [2.45, 2.75) is 38.9 Å². The third-order valence-electron chi connectivity index (χ3n) is 5.83. The van der Waals surface area contributed by atoms with E-state index in [-0.39, 0.29) is 29.9 Å². The summed E-state index contributed by atoms with van der Waals surface area (Å²) in [5.74, 6) is 1.01. The number of aryl methyl sites for hydroxylation is 1. The molecular formula is C25H32IN5O. The standard InChI is InChI=1S/C25H31N5O.HI/c1-26-25(28-15-7-16-29-17-13-20-8-4-5-11-23(20)29)27-14-6-12-24(31)30-18-21-9-2-3-10-22(21)19-30;/h2-5,8-11,13,17H,6-7,12,14-16,18-19H2,1H3,(H2,26,27,28);1H. The molecule has 6 nitrogen and oxygen atoms in total. The molecule has 0 radical (unpaired) electrons. The number of fused-ring (bicyclic) bond motifs is 2. The van der Waals surface area contributed by atoms with Gasteiger partial charge in [-0.1, -0.05) is 42.5 Å². The number of benzene rings is 2. The fourth-order valence-electron chi connectivity index (χ4n) is 4.13. The maximum absolute atomic E-state index is 12.5. The van der Waals surface area contributed by atoms with Gasteiger partial charge in [0.15, 0.2) is 5.96 Å². The van der Waals surface area contributed by atoms with E-state index < -0.39 is 0 Å². The van der Waals surface area contributed by atoms with E-state index in [1.165, 1.54) is 22.0 Å². The van der Waals surface area contributed by atoms with Crippen LogP contribution in [-0.4, -0.2) is 41.5 Å². The number of carbonyl (C=O) groups is 1. The highest BCUT2D eigenvalue weighted by Gasteiger charge is 2.22. The van der Waals surface area contributed by atoms with Gasteiger partial charge < -0.3 is 20.1 Å². The molecule has 0 bridgehead atoms. The molecule has 0 fully saturated rings. The van der Waals surface area contributed by atoms with Gasteiger partial charge in [0.05, 0.1) is 0 Å². The first-order valence-electron chi connectivity index (χ1n) is 11.1. The molecule has 2 heterocycles. The van der Waals surface area contributed by atoms with E-state index in [4.69, 9.17) is 0 Å². The molecule has 170 valence electrons. The smallest absolute Gasteiger partial charge is 0.223 e. The zero-order valence-corrected chi connectivity index (χ0v) is 20.9. The molecule has 4 rings (SSSR count). The van der Waals surface area contributed by atoms with Crippen LogP contribution in [0.15, 0.2) is 65.8 Å². The average Bonchev–Trinajstić information content (AvgIpc) is 3.42. The Bertz CT molecular complexity index is 1040. The number of carbonyl (C=O) groups excluding carboxylic acids is 1. The molecule has 2 aromatic carbocycles. The third kappa shape index (κ3) is 6.03. The summed E-state index contributed by atoms with van der Waals surface area (Å²) in [5, 5.41) is 7.96. The average molecular weight is 545 g/mol. The number of amides is 1.